The molecule has 0 amide bonds. The lowest BCUT2D eigenvalue weighted by atomic mass is 10.2. The zero-order valence-corrected chi connectivity index (χ0v) is 12.4. The second-order valence-corrected chi connectivity index (χ2v) is 5.69. The fourth-order valence-electron chi connectivity index (χ4n) is 2.08. The predicted molar refractivity (Wildman–Crippen MR) is 74.7 cm³/mol. The van der Waals surface area contributed by atoms with E-state index < -0.39 is 23.3 Å². The van der Waals surface area contributed by atoms with E-state index in [-0.39, 0.29) is 12.1 Å². The first-order valence-corrected chi connectivity index (χ1v) is 7.06. The van der Waals surface area contributed by atoms with Crippen LogP contribution in [0.15, 0.2) is 6.07 Å². The monoisotopic (exact) mass is 330 g/mol. The zero-order chi connectivity index (χ0) is 16.0. The quantitative estimate of drug-likeness (QED) is 0.454. The molecule has 22 heavy (non-hydrogen) atoms. The molecule has 3 aromatic rings. The summed E-state index contributed by atoms with van der Waals surface area (Å²) in [5, 5.41) is 7.42. The molecule has 0 radical (unpaired) electrons. The van der Waals surface area contributed by atoms with Crippen LogP contribution in [0.2, 0.25) is 0 Å². The Kier molecular flexibility index (Phi) is 3.51. The minimum Gasteiger partial charge on any atom is -0.357 e. The van der Waals surface area contributed by atoms with Gasteiger partial charge in [-0.25, -0.2) is 27.2 Å². The number of hydrogen-bond donors (Lipinski definition) is 1. The maximum atomic E-state index is 13.6. The Morgan fingerprint density at radius 1 is 1.18 bits per heavy atom. The molecule has 0 saturated carbocycles. The smallest absolute Gasteiger partial charge is 0.197 e. The molecular weight excluding hydrogens is 320 g/mol. The lowest BCUT2D eigenvalue weighted by molar-refractivity contribution is 0.404. The van der Waals surface area contributed by atoms with Gasteiger partial charge in [0, 0.05) is 19.2 Å². The van der Waals surface area contributed by atoms with E-state index >= 15 is 0 Å². The van der Waals surface area contributed by atoms with E-state index in [4.69, 9.17) is 0 Å². The average Bonchev–Trinajstić information content (AvgIpc) is 3.01. The van der Waals surface area contributed by atoms with Crippen molar-refractivity contribution in [3.05, 3.63) is 40.6 Å². The van der Waals surface area contributed by atoms with Crippen molar-refractivity contribution in [1.29, 1.82) is 0 Å². The highest BCUT2D eigenvalue weighted by atomic mass is 32.1. The van der Waals surface area contributed by atoms with Crippen LogP contribution >= 0.6 is 11.3 Å². The number of hydrogen-bond acceptors (Lipinski definition) is 4. The van der Waals surface area contributed by atoms with Gasteiger partial charge in [-0.3, -0.25) is 0 Å². The van der Waals surface area contributed by atoms with Crippen LogP contribution < -0.4 is 5.32 Å². The normalized spacial score (nSPS) is 11.4. The van der Waals surface area contributed by atoms with Crippen LogP contribution in [-0.2, 0) is 13.6 Å². The van der Waals surface area contributed by atoms with Gasteiger partial charge >= 0.3 is 0 Å². The number of halogens is 4. The van der Waals surface area contributed by atoms with E-state index in [9.17, 15) is 17.6 Å². The molecule has 0 saturated heterocycles. The van der Waals surface area contributed by atoms with Gasteiger partial charge in [-0.15, -0.1) is 0 Å². The highest BCUT2D eigenvalue weighted by Gasteiger charge is 2.19. The summed E-state index contributed by atoms with van der Waals surface area (Å²) >= 11 is 1.29. The van der Waals surface area contributed by atoms with Crippen molar-refractivity contribution in [3.63, 3.8) is 0 Å². The van der Waals surface area contributed by atoms with E-state index in [1.54, 1.807) is 11.7 Å². The van der Waals surface area contributed by atoms with Crippen molar-refractivity contribution in [2.75, 3.05) is 5.32 Å². The molecule has 0 aliphatic carbocycles. The summed E-state index contributed by atoms with van der Waals surface area (Å²) in [5.74, 6) is -6.48. The summed E-state index contributed by atoms with van der Waals surface area (Å²) in [6, 6.07) is 0.626. The lowest BCUT2D eigenvalue weighted by Gasteiger charge is -2.06. The first kappa shape index (κ1) is 14.8. The molecule has 3 rings (SSSR count). The van der Waals surface area contributed by atoms with Gasteiger partial charge < -0.3 is 5.32 Å². The first-order chi connectivity index (χ1) is 10.4. The van der Waals surface area contributed by atoms with Crippen molar-refractivity contribution in [1.82, 2.24) is 14.8 Å². The molecule has 0 unspecified atom stereocenters. The Balaban J connectivity index is 1.86. The lowest BCUT2D eigenvalue weighted by Crippen LogP contribution is -2.06. The summed E-state index contributed by atoms with van der Waals surface area (Å²) in [7, 11) is 1.74. The summed E-state index contributed by atoms with van der Waals surface area (Å²) < 4.78 is 55.2. The highest BCUT2D eigenvalue weighted by molar-refractivity contribution is 7.22. The topological polar surface area (TPSA) is 42.7 Å². The van der Waals surface area contributed by atoms with Gasteiger partial charge in [0.05, 0.1) is 10.4 Å². The highest BCUT2D eigenvalue weighted by Crippen LogP contribution is 2.28. The number of benzene rings is 1. The molecule has 0 atom stereocenters. The molecule has 9 heteroatoms. The molecular formula is C13H10F4N4S. The number of anilines is 1. The summed E-state index contributed by atoms with van der Waals surface area (Å²) in [5.41, 5.74) is 1.14. The minimum absolute atomic E-state index is 0.216. The van der Waals surface area contributed by atoms with Crippen LogP contribution in [0.4, 0.5) is 22.7 Å². The molecule has 1 N–H and O–H groups in total. The van der Waals surface area contributed by atoms with Gasteiger partial charge in [-0.2, -0.15) is 5.10 Å². The molecule has 2 heterocycles. The summed E-state index contributed by atoms with van der Waals surface area (Å²) in [4.78, 5) is 4.26. The molecule has 0 spiro atoms. The number of aromatic nitrogens is 3. The van der Waals surface area contributed by atoms with E-state index in [1.807, 2.05) is 6.92 Å². The van der Waals surface area contributed by atoms with Gasteiger partial charge in [-0.05, 0) is 13.0 Å². The number of thiazole rings is 1. The Bertz CT molecular complexity index is 836. The van der Waals surface area contributed by atoms with Gasteiger partial charge in [0.25, 0.3) is 0 Å². The van der Waals surface area contributed by atoms with Crippen LogP contribution in [-0.4, -0.2) is 14.8 Å². The Labute approximate surface area is 126 Å². The van der Waals surface area contributed by atoms with E-state index in [2.05, 4.69) is 15.4 Å². The fourth-order valence-corrected chi connectivity index (χ4v) is 3.01. The van der Waals surface area contributed by atoms with Crippen LogP contribution in [0.5, 0.6) is 0 Å². The third kappa shape index (κ3) is 2.31. The second kappa shape index (κ2) is 5.24. The van der Waals surface area contributed by atoms with Crippen LogP contribution in [0.3, 0.4) is 0 Å². The van der Waals surface area contributed by atoms with Crippen LogP contribution in [0.25, 0.3) is 10.3 Å². The van der Waals surface area contributed by atoms with Crippen LogP contribution in [0.1, 0.15) is 11.3 Å². The minimum atomic E-state index is -1.82. The Hall–Kier alpha value is -2.16. The van der Waals surface area contributed by atoms with E-state index in [0.29, 0.717) is 16.8 Å². The van der Waals surface area contributed by atoms with Gasteiger partial charge in [-0.1, -0.05) is 11.3 Å². The van der Waals surface area contributed by atoms with Crippen molar-refractivity contribution >= 4 is 26.8 Å². The Morgan fingerprint density at radius 2 is 1.91 bits per heavy atom. The van der Waals surface area contributed by atoms with Crippen molar-refractivity contribution in [3.8, 4) is 0 Å². The third-order valence-corrected chi connectivity index (χ3v) is 4.26. The molecule has 2 aromatic heterocycles. The molecule has 0 aliphatic heterocycles. The van der Waals surface area contributed by atoms with Gasteiger partial charge in [0.1, 0.15) is 0 Å². The predicted octanol–water partition coefficient (Wildman–Crippen LogP) is 3.51. The average molecular weight is 330 g/mol. The number of nitrogens with one attached hydrogen (secondary N) is 1. The maximum Gasteiger partial charge on any atom is 0.197 e. The van der Waals surface area contributed by atoms with E-state index in [0.717, 1.165) is 10.4 Å². The maximum absolute atomic E-state index is 13.6. The fraction of sp³-hybridized carbons (Fsp3) is 0.231. The second-order valence-electron chi connectivity index (χ2n) is 4.69. The molecule has 4 nitrogen and oxygen atoms in total. The van der Waals surface area contributed by atoms with Crippen LogP contribution in [0, 0.1) is 30.2 Å². The molecule has 116 valence electrons. The van der Waals surface area contributed by atoms with Gasteiger partial charge in [0.15, 0.2) is 34.0 Å². The standard InChI is InChI=1S/C13H10F4N4S/c1-5-11-12(21(2)20-5)19-13(22-11)18-4-6-3-7(14)9(16)10(17)8(6)15/h3H,4H2,1-2H3,(H,18,19). The third-order valence-electron chi connectivity index (χ3n) is 3.15. The number of rotatable bonds is 3. The number of nitrogens with zero attached hydrogens (tertiary/aromatic N) is 3. The summed E-state index contributed by atoms with van der Waals surface area (Å²) in [6.45, 7) is 1.61. The SMILES string of the molecule is Cc1nn(C)c2nc(NCc3cc(F)c(F)c(F)c3F)sc12. The van der Waals surface area contributed by atoms with Crippen molar-refractivity contribution in [2.45, 2.75) is 13.5 Å². The largest absolute Gasteiger partial charge is 0.357 e. The molecule has 0 fully saturated rings. The van der Waals surface area contributed by atoms with Crippen molar-refractivity contribution < 1.29 is 17.6 Å². The Morgan fingerprint density at radius 3 is 2.59 bits per heavy atom. The molecule has 0 aliphatic rings. The van der Waals surface area contributed by atoms with Crippen molar-refractivity contribution in [2.24, 2.45) is 7.05 Å². The van der Waals surface area contributed by atoms with E-state index in [1.165, 1.54) is 11.3 Å². The zero-order valence-electron chi connectivity index (χ0n) is 11.5. The molecule has 1 aromatic carbocycles. The first-order valence-electron chi connectivity index (χ1n) is 6.24. The van der Waals surface area contributed by atoms with Gasteiger partial charge in [0.2, 0.25) is 0 Å². The number of aryl methyl sites for hydroxylation is 2. The summed E-state index contributed by atoms with van der Waals surface area (Å²) in [6.07, 6.45) is 0. The molecule has 0 bridgehead atoms. The number of fused-ring (bicyclic) bond motifs is 1.